The molecule has 1 heterocycles. The van der Waals surface area contributed by atoms with Crippen molar-refractivity contribution in [3.05, 3.63) is 53.1 Å². The summed E-state index contributed by atoms with van der Waals surface area (Å²) >= 11 is 1.81. The zero-order chi connectivity index (χ0) is 20.7. The van der Waals surface area contributed by atoms with Crippen molar-refractivity contribution in [1.82, 2.24) is 0 Å². The summed E-state index contributed by atoms with van der Waals surface area (Å²) in [6, 6.07) is 13.0. The van der Waals surface area contributed by atoms with Crippen LogP contribution in [0.25, 0.3) is 0 Å². The topological polar surface area (TPSA) is 75.7 Å². The van der Waals surface area contributed by atoms with Gasteiger partial charge < -0.3 is 20.7 Å². The van der Waals surface area contributed by atoms with Gasteiger partial charge in [-0.25, -0.2) is 0 Å². The number of aliphatic hydroxyl groups is 2. The lowest BCUT2D eigenvalue weighted by molar-refractivity contribution is 0.115. The Morgan fingerprint density at radius 1 is 1.00 bits per heavy atom. The fourth-order valence-electron chi connectivity index (χ4n) is 3.55. The van der Waals surface area contributed by atoms with Crippen LogP contribution in [0, 0.1) is 0 Å². The molecule has 2 aromatic rings. The largest absolute Gasteiger partial charge is 0.494 e. The molecule has 0 spiro atoms. The van der Waals surface area contributed by atoms with E-state index in [9.17, 15) is 10.2 Å². The van der Waals surface area contributed by atoms with Gasteiger partial charge in [0.05, 0.1) is 25.4 Å². The Morgan fingerprint density at radius 2 is 1.72 bits per heavy atom. The summed E-state index contributed by atoms with van der Waals surface area (Å²) in [4.78, 5) is 2.59. The number of hydrogen-bond acceptors (Lipinski definition) is 5. The lowest BCUT2D eigenvalue weighted by atomic mass is 9.92. The Kier molecular flexibility index (Phi) is 8.01. The molecule has 1 aliphatic rings. The number of benzene rings is 2. The molecule has 4 nitrogen and oxygen atoms in total. The third-order valence-corrected chi connectivity index (χ3v) is 6.80. The number of aliphatic hydroxyl groups excluding tert-OH is 2. The molecule has 4 N–H and O–H groups in total. The number of unbranched alkanes of at least 4 members (excludes halogenated alkanes) is 3. The molecule has 0 saturated carbocycles. The fourth-order valence-corrected chi connectivity index (χ4v) is 4.59. The molecule has 0 radical (unpaired) electrons. The molecule has 0 aromatic heterocycles. The molecule has 0 unspecified atom stereocenters. The Balaban J connectivity index is 1.63. The van der Waals surface area contributed by atoms with Gasteiger partial charge in [0.1, 0.15) is 5.75 Å². The van der Waals surface area contributed by atoms with E-state index in [1.807, 2.05) is 11.8 Å². The Hall–Kier alpha value is -1.53. The molecule has 0 bridgehead atoms. The maximum atomic E-state index is 9.39. The smallest absolute Gasteiger partial charge is 0.119 e. The minimum Gasteiger partial charge on any atom is -0.494 e. The van der Waals surface area contributed by atoms with E-state index in [0.29, 0.717) is 6.42 Å². The van der Waals surface area contributed by atoms with E-state index in [-0.39, 0.29) is 13.2 Å². The molecule has 3 rings (SSSR count). The molecule has 2 aromatic carbocycles. The summed E-state index contributed by atoms with van der Waals surface area (Å²) in [5.41, 5.74) is 8.91. The summed E-state index contributed by atoms with van der Waals surface area (Å²) in [5.74, 6) is 0.958. The number of ether oxygens (including phenoxy) is 1. The van der Waals surface area contributed by atoms with E-state index in [4.69, 9.17) is 10.5 Å². The van der Waals surface area contributed by atoms with Gasteiger partial charge in [-0.3, -0.25) is 0 Å². The van der Waals surface area contributed by atoms with E-state index in [0.717, 1.165) is 31.6 Å². The molecule has 0 amide bonds. The van der Waals surface area contributed by atoms with Crippen LogP contribution in [0.1, 0.15) is 55.7 Å². The van der Waals surface area contributed by atoms with Crippen molar-refractivity contribution in [2.75, 3.05) is 19.8 Å². The first-order chi connectivity index (χ1) is 14.1. The maximum absolute atomic E-state index is 9.39. The van der Waals surface area contributed by atoms with Crippen LogP contribution in [0.5, 0.6) is 5.75 Å². The van der Waals surface area contributed by atoms with Crippen molar-refractivity contribution in [2.45, 2.75) is 67.2 Å². The molecule has 158 valence electrons. The Bertz CT molecular complexity index is 805. The second-order valence-electron chi connectivity index (χ2n) is 8.08. The number of hydrogen-bond donors (Lipinski definition) is 3. The maximum Gasteiger partial charge on any atom is 0.119 e. The zero-order valence-electron chi connectivity index (χ0n) is 17.3. The summed E-state index contributed by atoms with van der Waals surface area (Å²) in [6.45, 7) is 2.58. The lowest BCUT2D eigenvalue weighted by Gasteiger charge is -2.25. The quantitative estimate of drug-likeness (QED) is 0.407. The van der Waals surface area contributed by atoms with Crippen LogP contribution in [0.15, 0.2) is 46.2 Å². The highest BCUT2D eigenvalue weighted by Gasteiger charge is 2.23. The van der Waals surface area contributed by atoms with Crippen molar-refractivity contribution in [1.29, 1.82) is 0 Å². The van der Waals surface area contributed by atoms with Gasteiger partial charge in [0, 0.05) is 9.79 Å². The number of fused-ring (bicyclic) bond motifs is 2. The van der Waals surface area contributed by atoms with E-state index in [1.54, 1.807) is 0 Å². The molecular weight excluding hydrogens is 382 g/mol. The first-order valence-corrected chi connectivity index (χ1v) is 11.4. The third-order valence-electron chi connectivity index (χ3n) is 5.57. The number of nitrogens with two attached hydrogens (primary N) is 1. The van der Waals surface area contributed by atoms with Gasteiger partial charge in [-0.05, 0) is 66.6 Å². The van der Waals surface area contributed by atoms with Crippen LogP contribution in [0.4, 0.5) is 0 Å². The van der Waals surface area contributed by atoms with E-state index >= 15 is 0 Å². The van der Waals surface area contributed by atoms with Gasteiger partial charge in [-0.15, -0.1) is 0 Å². The van der Waals surface area contributed by atoms with Gasteiger partial charge in [0.25, 0.3) is 0 Å². The molecule has 29 heavy (non-hydrogen) atoms. The van der Waals surface area contributed by atoms with Crippen molar-refractivity contribution in [3.63, 3.8) is 0 Å². The van der Waals surface area contributed by atoms with Gasteiger partial charge >= 0.3 is 0 Å². The van der Waals surface area contributed by atoms with Crippen LogP contribution in [-0.2, 0) is 12.8 Å². The molecule has 5 heteroatoms. The fraction of sp³-hybridized carbons (Fsp3) is 0.500. The second-order valence-corrected chi connectivity index (χ2v) is 9.16. The van der Waals surface area contributed by atoms with Crippen molar-refractivity contribution in [2.24, 2.45) is 5.73 Å². The van der Waals surface area contributed by atoms with Crippen LogP contribution in [0.2, 0.25) is 0 Å². The minimum absolute atomic E-state index is 0.209. The highest BCUT2D eigenvalue weighted by molar-refractivity contribution is 7.99. The van der Waals surface area contributed by atoms with Gasteiger partial charge in [0.15, 0.2) is 0 Å². The van der Waals surface area contributed by atoms with Crippen LogP contribution < -0.4 is 10.5 Å². The highest BCUT2D eigenvalue weighted by Crippen LogP contribution is 2.41. The zero-order valence-corrected chi connectivity index (χ0v) is 18.1. The second kappa shape index (κ2) is 10.5. The predicted molar refractivity (Wildman–Crippen MR) is 119 cm³/mol. The first-order valence-electron chi connectivity index (χ1n) is 10.6. The van der Waals surface area contributed by atoms with Crippen LogP contribution in [0.3, 0.4) is 0 Å². The molecular formula is C24H33NO3S. The van der Waals surface area contributed by atoms with Gasteiger partial charge in [-0.1, -0.05) is 50.1 Å². The van der Waals surface area contributed by atoms with Crippen molar-refractivity contribution >= 4 is 11.8 Å². The number of aryl methyl sites for hydroxylation is 1. The van der Waals surface area contributed by atoms with Crippen LogP contribution in [-0.4, -0.2) is 35.6 Å². The SMILES string of the molecule is CCCCCCOc1ccc2c(c1)Cc1cc(CCC(N)(CO)CO)ccc1S2. The standard InChI is InChI=1S/C24H33NO3S/c1-2-3-4-5-12-28-21-7-9-23-20(15-21)14-19-13-18(6-8-22(19)29-23)10-11-24(25,16-26)17-27/h6-9,13,15,26-27H,2-5,10-12,14,16-17,25H2,1H3. The van der Waals surface area contributed by atoms with E-state index < -0.39 is 5.54 Å². The van der Waals surface area contributed by atoms with Crippen LogP contribution >= 0.6 is 11.8 Å². The summed E-state index contributed by atoms with van der Waals surface area (Å²) in [6.07, 6.45) is 7.03. The Labute approximate surface area is 178 Å². The highest BCUT2D eigenvalue weighted by atomic mass is 32.2. The van der Waals surface area contributed by atoms with E-state index in [2.05, 4.69) is 43.3 Å². The summed E-state index contributed by atoms with van der Waals surface area (Å²) in [7, 11) is 0. The average Bonchev–Trinajstić information content (AvgIpc) is 2.75. The molecule has 0 aliphatic carbocycles. The molecule has 0 atom stereocenters. The van der Waals surface area contributed by atoms with Gasteiger partial charge in [-0.2, -0.15) is 0 Å². The normalized spacial score (nSPS) is 13.1. The molecule has 1 aliphatic heterocycles. The Morgan fingerprint density at radius 3 is 2.45 bits per heavy atom. The number of rotatable bonds is 11. The van der Waals surface area contributed by atoms with Gasteiger partial charge in [0.2, 0.25) is 0 Å². The monoisotopic (exact) mass is 415 g/mol. The average molecular weight is 416 g/mol. The minimum atomic E-state index is -0.916. The van der Waals surface area contributed by atoms with E-state index in [1.165, 1.54) is 45.7 Å². The lowest BCUT2D eigenvalue weighted by Crippen LogP contribution is -2.47. The third kappa shape index (κ3) is 5.98. The molecule has 0 fully saturated rings. The van der Waals surface area contributed by atoms with Crippen molar-refractivity contribution < 1.29 is 14.9 Å². The van der Waals surface area contributed by atoms with Crippen molar-refractivity contribution in [3.8, 4) is 5.75 Å². The molecule has 0 saturated heterocycles. The summed E-state index contributed by atoms with van der Waals surface area (Å²) < 4.78 is 5.96. The first kappa shape index (κ1) is 22.2. The summed E-state index contributed by atoms with van der Waals surface area (Å²) in [5, 5.41) is 18.8. The predicted octanol–water partition coefficient (Wildman–Crippen LogP) is 4.32.